The van der Waals surface area contributed by atoms with Crippen LogP contribution >= 0.6 is 0 Å². The Hall–Kier alpha value is -4.24. The van der Waals surface area contributed by atoms with Crippen molar-refractivity contribution in [1.29, 1.82) is 0 Å². The summed E-state index contributed by atoms with van der Waals surface area (Å²) in [5, 5.41) is 16.9. The molecule has 0 spiro atoms. The van der Waals surface area contributed by atoms with Crippen LogP contribution in [0.2, 0.25) is 0 Å². The highest BCUT2D eigenvalue weighted by molar-refractivity contribution is 7.93. The molecule has 0 aliphatic heterocycles. The molecule has 0 aromatic heterocycles. The number of sulfonamides is 1. The largest absolute Gasteiger partial charge is 0.416 e. The predicted octanol–water partition coefficient (Wildman–Crippen LogP) is 4.70. The average Bonchev–Trinajstić information content (AvgIpc) is 3.00. The number of amides is 1. The van der Waals surface area contributed by atoms with Gasteiger partial charge in [0, 0.05) is 19.3 Å². The number of aliphatic hydroxyl groups excluding tert-OH is 1. The third-order valence-corrected chi connectivity index (χ3v) is 9.37. The number of rotatable bonds is 13. The van der Waals surface area contributed by atoms with Gasteiger partial charge in [0.25, 0.3) is 5.91 Å². The van der Waals surface area contributed by atoms with Crippen molar-refractivity contribution in [2.45, 2.75) is 36.2 Å². The summed E-state index contributed by atoms with van der Waals surface area (Å²) in [4.78, 5) is 13.6. The number of nitrogens with one attached hydrogen (secondary N) is 2. The molecule has 4 aromatic rings. The van der Waals surface area contributed by atoms with E-state index in [-0.39, 0.29) is 36.4 Å². The molecule has 1 amide bonds. The number of sulfone groups is 1. The second kappa shape index (κ2) is 14.7. The quantitative estimate of drug-likeness (QED) is 0.186. The zero-order chi connectivity index (χ0) is 34.4. The molecule has 4 aromatic carbocycles. The molecule has 0 saturated heterocycles. The molecule has 250 valence electrons. The van der Waals surface area contributed by atoms with Crippen LogP contribution in [-0.4, -0.2) is 59.1 Å². The van der Waals surface area contributed by atoms with Gasteiger partial charge in [-0.3, -0.25) is 4.79 Å². The Morgan fingerprint density at radius 2 is 1.43 bits per heavy atom. The molecule has 0 bridgehead atoms. The van der Waals surface area contributed by atoms with Crippen molar-refractivity contribution in [3.8, 4) is 0 Å². The molecule has 0 saturated carbocycles. The number of aliphatic hydroxyl groups is 1. The van der Waals surface area contributed by atoms with Gasteiger partial charge in [-0.25, -0.2) is 21.1 Å². The molecule has 3 N–H and O–H groups in total. The second-order valence-corrected chi connectivity index (χ2v) is 14.8. The number of nitrogens with zero attached hydrogens (tertiary/aromatic N) is 1. The normalized spacial score (nSPS) is 13.5. The first-order valence-electron chi connectivity index (χ1n) is 14.3. The lowest BCUT2D eigenvalue weighted by molar-refractivity contribution is -0.137. The lowest BCUT2D eigenvalue weighted by Crippen LogP contribution is -2.49. The number of hydrogen-bond acceptors (Lipinski definition) is 7. The Bertz CT molecular complexity index is 1910. The van der Waals surface area contributed by atoms with E-state index in [1.54, 1.807) is 48.5 Å². The topological polar surface area (TPSA) is 133 Å². The average molecular weight is 690 g/mol. The third-order valence-electron chi connectivity index (χ3n) is 7.18. The van der Waals surface area contributed by atoms with Crippen molar-refractivity contribution in [1.82, 2.24) is 10.6 Å². The first-order chi connectivity index (χ1) is 22.1. The van der Waals surface area contributed by atoms with Gasteiger partial charge in [-0.15, -0.1) is 0 Å². The number of hydrogen-bond donors (Lipinski definition) is 3. The van der Waals surface area contributed by atoms with E-state index < -0.39 is 54.5 Å². The van der Waals surface area contributed by atoms with Crippen LogP contribution in [0.5, 0.6) is 0 Å². The summed E-state index contributed by atoms with van der Waals surface area (Å²) in [6.07, 6.45) is -3.88. The fourth-order valence-corrected chi connectivity index (χ4v) is 6.99. The summed E-state index contributed by atoms with van der Waals surface area (Å²) in [6.45, 7) is -0.141. The van der Waals surface area contributed by atoms with Crippen LogP contribution in [-0.2, 0) is 39.0 Å². The van der Waals surface area contributed by atoms with Gasteiger partial charge in [-0.2, -0.15) is 13.2 Å². The maximum Gasteiger partial charge on any atom is 0.416 e. The van der Waals surface area contributed by atoms with E-state index in [4.69, 9.17) is 0 Å². The summed E-state index contributed by atoms with van der Waals surface area (Å²) in [5.74, 6) is -0.854. The van der Waals surface area contributed by atoms with Gasteiger partial charge in [-0.05, 0) is 47.9 Å². The number of carbonyl (C=O) groups is 1. The zero-order valence-electron chi connectivity index (χ0n) is 25.5. The Morgan fingerprint density at radius 1 is 0.830 bits per heavy atom. The van der Waals surface area contributed by atoms with Crippen LogP contribution in [0.1, 0.15) is 27.0 Å². The van der Waals surface area contributed by atoms with Gasteiger partial charge in [-0.1, -0.05) is 72.8 Å². The molecular weight excluding hydrogens is 656 g/mol. The molecule has 0 aliphatic carbocycles. The van der Waals surface area contributed by atoms with Crippen LogP contribution in [0, 0.1) is 0 Å². The minimum absolute atomic E-state index is 0.00602. The van der Waals surface area contributed by atoms with Crippen molar-refractivity contribution in [3.63, 3.8) is 0 Å². The van der Waals surface area contributed by atoms with Crippen molar-refractivity contribution in [3.05, 3.63) is 125 Å². The molecule has 0 heterocycles. The number of halogens is 3. The van der Waals surface area contributed by atoms with Crippen molar-refractivity contribution >= 4 is 37.1 Å². The Kier molecular flexibility index (Phi) is 11.1. The lowest BCUT2D eigenvalue weighted by Gasteiger charge is -2.29. The molecule has 0 fully saturated rings. The van der Waals surface area contributed by atoms with Crippen LogP contribution < -0.4 is 14.9 Å². The smallest absolute Gasteiger partial charge is 0.390 e. The number of benzene rings is 4. The molecular formula is C33H34F3N3O6S2. The molecule has 47 heavy (non-hydrogen) atoms. The molecule has 0 radical (unpaired) electrons. The van der Waals surface area contributed by atoms with Crippen molar-refractivity contribution < 1.29 is 39.9 Å². The van der Waals surface area contributed by atoms with Crippen LogP contribution in [0.15, 0.2) is 108 Å². The maximum atomic E-state index is 14.0. The molecule has 14 heteroatoms. The highest BCUT2D eigenvalue weighted by atomic mass is 32.2. The second-order valence-electron chi connectivity index (χ2n) is 11.0. The molecule has 0 unspecified atom stereocenters. The fourth-order valence-electron chi connectivity index (χ4n) is 5.03. The summed E-state index contributed by atoms with van der Waals surface area (Å²) in [7, 11) is -8.26. The van der Waals surface area contributed by atoms with Crippen LogP contribution in [0.25, 0.3) is 0 Å². The van der Waals surface area contributed by atoms with E-state index in [1.165, 1.54) is 42.5 Å². The Morgan fingerprint density at radius 3 is 2.02 bits per heavy atom. The van der Waals surface area contributed by atoms with Gasteiger partial charge in [0.2, 0.25) is 10.0 Å². The number of alkyl halides is 3. The molecule has 4 rings (SSSR count). The molecule has 0 aliphatic rings. The van der Waals surface area contributed by atoms with Crippen LogP contribution in [0.4, 0.5) is 24.5 Å². The van der Waals surface area contributed by atoms with E-state index >= 15 is 0 Å². The first-order valence-corrected chi connectivity index (χ1v) is 18.1. The lowest BCUT2D eigenvalue weighted by atomic mass is 10.00. The van der Waals surface area contributed by atoms with Gasteiger partial charge in [0.1, 0.15) is 0 Å². The molecule has 9 nitrogen and oxygen atoms in total. The van der Waals surface area contributed by atoms with Gasteiger partial charge in [0.05, 0.1) is 45.8 Å². The first kappa shape index (κ1) is 35.6. The highest BCUT2D eigenvalue weighted by Crippen LogP contribution is 2.37. The van der Waals surface area contributed by atoms with Crippen LogP contribution in [0.3, 0.4) is 0 Å². The van der Waals surface area contributed by atoms with Crippen molar-refractivity contribution in [2.75, 3.05) is 23.4 Å². The van der Waals surface area contributed by atoms with Gasteiger partial charge >= 0.3 is 6.18 Å². The Labute approximate surface area is 272 Å². The van der Waals surface area contributed by atoms with E-state index in [9.17, 15) is 39.9 Å². The summed E-state index contributed by atoms with van der Waals surface area (Å²) >= 11 is 0. The van der Waals surface area contributed by atoms with Gasteiger partial charge in [0.15, 0.2) is 9.84 Å². The number of anilines is 2. The summed E-state index contributed by atoms with van der Waals surface area (Å²) in [5.41, 5.74) is -0.292. The van der Waals surface area contributed by atoms with E-state index in [0.717, 1.165) is 34.5 Å². The highest BCUT2D eigenvalue weighted by Gasteiger charge is 2.33. The predicted molar refractivity (Wildman–Crippen MR) is 174 cm³/mol. The summed E-state index contributed by atoms with van der Waals surface area (Å²) in [6, 6.07) is 24.1. The fraction of sp³-hybridized carbons (Fsp3) is 0.242. The maximum absolute atomic E-state index is 14.0. The third kappa shape index (κ3) is 9.41. The van der Waals surface area contributed by atoms with E-state index in [1.807, 2.05) is 0 Å². The van der Waals surface area contributed by atoms with E-state index in [2.05, 4.69) is 10.6 Å². The van der Waals surface area contributed by atoms with E-state index in [0.29, 0.717) is 5.56 Å². The van der Waals surface area contributed by atoms with Gasteiger partial charge < -0.3 is 15.7 Å². The summed E-state index contributed by atoms with van der Waals surface area (Å²) < 4.78 is 92.4. The zero-order valence-corrected chi connectivity index (χ0v) is 27.1. The number of para-hydroxylation sites is 2. The monoisotopic (exact) mass is 689 g/mol. The number of carbonyl (C=O) groups excluding carboxylic acids is 1. The standard InChI is InChI=1S/C33H34F3N3O6S2/c1-46(42,43)30-18-10-17-27(31(30)39(47(2,44)45)26-15-7-4-8-16-26)32(41)38-28(20-23-11-5-3-6-12-23)29(40)22-37-21-24-13-9-14-25(19-24)33(34,35)36/h3-19,28-29,37,40H,20-22H2,1-2H3,(H,38,41)/t28-,29+/m0/s1. The van der Waals surface area contributed by atoms with Crippen molar-refractivity contribution in [2.24, 2.45) is 0 Å². The minimum Gasteiger partial charge on any atom is -0.390 e. The SMILES string of the molecule is CS(=O)(=O)c1cccc(C(=O)N[C@@H](Cc2ccccc2)[C@H](O)CNCc2cccc(C(F)(F)F)c2)c1N(c1ccccc1)S(C)(=O)=O. The Balaban J connectivity index is 1.68. The molecule has 2 atom stereocenters. The minimum atomic E-state index is -4.51.